The van der Waals surface area contributed by atoms with E-state index in [1.54, 1.807) is 6.07 Å². The van der Waals surface area contributed by atoms with E-state index in [0.29, 0.717) is 16.7 Å². The minimum Gasteiger partial charge on any atom is -0.456 e. The Balaban J connectivity index is 1.29. The van der Waals surface area contributed by atoms with Crippen LogP contribution >= 0.6 is 0 Å². The quantitative estimate of drug-likeness (QED) is 0.184. The number of fused-ring (bicyclic) bond motifs is 6. The van der Waals surface area contributed by atoms with Crippen LogP contribution in [0.3, 0.4) is 0 Å². The molecule has 8 aromatic carbocycles. The van der Waals surface area contributed by atoms with Crippen molar-refractivity contribution in [3.05, 3.63) is 176 Å². The minimum absolute atomic E-state index is 0.0134. The standard InChI is InChI=1S/C47H29N3O/c1-3-12-30(13-4-1)31-22-24-34(25-23-31)46-48-45(33-15-5-2-6-16-33)49-47(50-46)35-26-27-42-41(28-35)44-39-20-10-9-19-38(39)40(29-43(44)51-42)37-21-11-17-32-14-7-8-18-36(32)37/h1-29H/i9D,10D,19D,20D,26D,27D,28D,29D. The molecular weight excluding hydrogens is 623 g/mol. The fourth-order valence-corrected chi connectivity index (χ4v) is 6.64. The van der Waals surface area contributed by atoms with Crippen LogP contribution in [-0.2, 0) is 0 Å². The van der Waals surface area contributed by atoms with Gasteiger partial charge in [-0.05, 0) is 68.0 Å². The Kier molecular flexibility index (Phi) is 5.12. The summed E-state index contributed by atoms with van der Waals surface area (Å²) < 4.78 is 80.1. The maximum Gasteiger partial charge on any atom is 0.164 e. The van der Waals surface area contributed by atoms with Crippen LogP contribution in [0, 0.1) is 0 Å². The maximum absolute atomic E-state index is 9.76. The summed E-state index contributed by atoms with van der Waals surface area (Å²) in [5, 5.41) is 1.85. The molecule has 0 aliphatic carbocycles. The van der Waals surface area contributed by atoms with Crippen molar-refractivity contribution in [2.75, 3.05) is 0 Å². The molecule has 0 fully saturated rings. The summed E-state index contributed by atoms with van der Waals surface area (Å²) >= 11 is 0. The van der Waals surface area contributed by atoms with Gasteiger partial charge in [0, 0.05) is 27.5 Å². The molecule has 0 saturated heterocycles. The average molecular weight is 660 g/mol. The molecule has 2 heterocycles. The van der Waals surface area contributed by atoms with Gasteiger partial charge in [0.25, 0.3) is 0 Å². The Morgan fingerprint density at radius 3 is 1.75 bits per heavy atom. The van der Waals surface area contributed by atoms with Crippen molar-refractivity contribution in [3.8, 4) is 56.4 Å². The topological polar surface area (TPSA) is 51.8 Å². The highest BCUT2D eigenvalue weighted by Crippen LogP contribution is 2.42. The van der Waals surface area contributed by atoms with Crippen LogP contribution in [0.5, 0.6) is 0 Å². The highest BCUT2D eigenvalue weighted by atomic mass is 16.3. The van der Waals surface area contributed by atoms with Gasteiger partial charge in [-0.3, -0.25) is 0 Å². The highest BCUT2D eigenvalue weighted by Gasteiger charge is 2.18. The van der Waals surface area contributed by atoms with E-state index in [1.165, 1.54) is 0 Å². The molecule has 0 spiro atoms. The first-order chi connectivity index (χ1) is 28.6. The molecule has 0 amide bonds. The SMILES string of the molecule is [2H]c1c(-c2nc(-c3ccccc3)nc(-c3ccc(-c4ccccc4)cc3)n2)c([2H])c2c(oc3c([2H])c(-c4cccc5ccccc45)c4c([2H])c([2H])c([2H])c([2H])c4c32)c1[2H]. The monoisotopic (exact) mass is 659 g/mol. The Bertz CT molecular complexity index is 3350. The third kappa shape index (κ3) is 5.04. The van der Waals surface area contributed by atoms with Crippen LogP contribution in [0.15, 0.2) is 180 Å². The summed E-state index contributed by atoms with van der Waals surface area (Å²) in [4.78, 5) is 14.4. The van der Waals surface area contributed by atoms with Gasteiger partial charge in [-0.1, -0.05) is 152 Å². The largest absolute Gasteiger partial charge is 0.456 e. The van der Waals surface area contributed by atoms with Gasteiger partial charge in [0.15, 0.2) is 17.5 Å². The zero-order valence-electron chi connectivity index (χ0n) is 34.9. The first-order valence-electron chi connectivity index (χ1n) is 20.5. The minimum atomic E-state index is -0.498. The Hall–Kier alpha value is -6.91. The van der Waals surface area contributed by atoms with Crippen LogP contribution in [0.1, 0.15) is 11.0 Å². The van der Waals surface area contributed by atoms with Crippen LogP contribution in [0.2, 0.25) is 0 Å². The van der Waals surface area contributed by atoms with Crippen molar-refractivity contribution in [2.45, 2.75) is 0 Å². The summed E-state index contributed by atoms with van der Waals surface area (Å²) in [6.07, 6.45) is 0. The molecule has 0 aliphatic rings. The van der Waals surface area contributed by atoms with Gasteiger partial charge in [-0.2, -0.15) is 0 Å². The summed E-state index contributed by atoms with van der Waals surface area (Å²) in [5.74, 6) is 0.530. The van der Waals surface area contributed by atoms with Crippen LogP contribution < -0.4 is 0 Å². The van der Waals surface area contributed by atoms with Crippen molar-refractivity contribution >= 4 is 43.5 Å². The number of hydrogen-bond acceptors (Lipinski definition) is 4. The van der Waals surface area contributed by atoms with E-state index in [-0.39, 0.29) is 91.5 Å². The normalized spacial score (nSPS) is 13.7. The lowest BCUT2D eigenvalue weighted by atomic mass is 9.92. The van der Waals surface area contributed by atoms with Gasteiger partial charge < -0.3 is 4.42 Å². The molecule has 238 valence electrons. The Morgan fingerprint density at radius 1 is 0.392 bits per heavy atom. The molecule has 0 saturated carbocycles. The summed E-state index contributed by atoms with van der Waals surface area (Å²) in [7, 11) is 0. The number of furan rings is 1. The van der Waals surface area contributed by atoms with E-state index < -0.39 is 18.1 Å². The number of aromatic nitrogens is 3. The third-order valence-electron chi connectivity index (χ3n) is 9.09. The zero-order valence-corrected chi connectivity index (χ0v) is 26.9. The molecule has 2 aromatic heterocycles. The van der Waals surface area contributed by atoms with Crippen LogP contribution in [-0.4, -0.2) is 15.0 Å². The molecule has 0 N–H and O–H groups in total. The third-order valence-corrected chi connectivity index (χ3v) is 9.09. The summed E-state index contributed by atoms with van der Waals surface area (Å²) in [6.45, 7) is 0. The van der Waals surface area contributed by atoms with Crippen molar-refractivity contribution in [1.29, 1.82) is 0 Å². The number of nitrogens with zero attached hydrogens (tertiary/aromatic N) is 3. The molecular formula is C47H29N3O. The molecule has 0 radical (unpaired) electrons. The molecule has 4 nitrogen and oxygen atoms in total. The van der Waals surface area contributed by atoms with Gasteiger partial charge in [0.1, 0.15) is 11.2 Å². The molecule has 0 aliphatic heterocycles. The number of rotatable bonds is 5. The van der Waals surface area contributed by atoms with E-state index in [2.05, 4.69) is 0 Å². The molecule has 51 heavy (non-hydrogen) atoms. The van der Waals surface area contributed by atoms with Crippen LogP contribution in [0.25, 0.3) is 99.9 Å². The second-order valence-corrected chi connectivity index (χ2v) is 12.2. The van der Waals surface area contributed by atoms with Crippen molar-refractivity contribution < 1.29 is 15.4 Å². The molecule has 0 bridgehead atoms. The molecule has 4 heteroatoms. The maximum atomic E-state index is 9.76. The highest BCUT2D eigenvalue weighted by molar-refractivity contribution is 6.23. The fourth-order valence-electron chi connectivity index (χ4n) is 6.64. The van der Waals surface area contributed by atoms with Crippen molar-refractivity contribution in [2.24, 2.45) is 0 Å². The Labute approximate surface area is 305 Å². The molecule has 10 rings (SSSR count). The predicted molar refractivity (Wildman–Crippen MR) is 209 cm³/mol. The summed E-state index contributed by atoms with van der Waals surface area (Å²) in [6, 6.07) is 37.1. The number of benzene rings is 8. The zero-order chi connectivity index (χ0) is 40.7. The lowest BCUT2D eigenvalue weighted by Crippen LogP contribution is -2.00. The first kappa shape index (κ1) is 21.9. The predicted octanol–water partition coefficient (Wildman–Crippen LogP) is 12.4. The molecule has 0 atom stereocenters. The van der Waals surface area contributed by atoms with E-state index >= 15 is 0 Å². The lowest BCUT2D eigenvalue weighted by molar-refractivity contribution is 0.669. The molecule has 10 aromatic rings. The van der Waals surface area contributed by atoms with Gasteiger partial charge in [-0.15, -0.1) is 0 Å². The van der Waals surface area contributed by atoms with Gasteiger partial charge in [0.05, 0.1) is 11.0 Å². The fraction of sp³-hybridized carbons (Fsp3) is 0. The van der Waals surface area contributed by atoms with E-state index in [4.69, 9.17) is 22.1 Å². The number of hydrogen-bond donors (Lipinski definition) is 0. The van der Waals surface area contributed by atoms with Gasteiger partial charge >= 0.3 is 0 Å². The molecule has 0 unspecified atom stereocenters. The lowest BCUT2D eigenvalue weighted by Gasteiger charge is -2.11. The smallest absolute Gasteiger partial charge is 0.164 e. The van der Waals surface area contributed by atoms with Gasteiger partial charge in [0.2, 0.25) is 0 Å². The van der Waals surface area contributed by atoms with E-state index in [0.717, 1.165) is 21.9 Å². The van der Waals surface area contributed by atoms with Crippen molar-refractivity contribution in [3.63, 3.8) is 0 Å². The van der Waals surface area contributed by atoms with E-state index in [9.17, 15) is 8.22 Å². The van der Waals surface area contributed by atoms with Crippen LogP contribution in [0.4, 0.5) is 0 Å². The van der Waals surface area contributed by atoms with Crippen molar-refractivity contribution in [1.82, 2.24) is 15.0 Å². The first-order valence-corrected chi connectivity index (χ1v) is 16.5. The Morgan fingerprint density at radius 2 is 0.980 bits per heavy atom. The average Bonchev–Trinajstić information content (AvgIpc) is 3.69. The second kappa shape index (κ2) is 11.9. The van der Waals surface area contributed by atoms with Gasteiger partial charge in [-0.25, -0.2) is 15.0 Å². The van der Waals surface area contributed by atoms with E-state index in [1.807, 2.05) is 121 Å². The second-order valence-electron chi connectivity index (χ2n) is 12.2. The summed E-state index contributed by atoms with van der Waals surface area (Å²) in [5.41, 5.74) is 3.83.